The first-order valence-electron chi connectivity index (χ1n) is 7.18. The maximum Gasteiger partial charge on any atom is 0.227 e. The molecule has 0 spiro atoms. The molecule has 1 aromatic carbocycles. The van der Waals surface area contributed by atoms with Crippen molar-refractivity contribution in [2.45, 2.75) is 0 Å². The van der Waals surface area contributed by atoms with Crippen molar-refractivity contribution in [1.29, 1.82) is 0 Å². The molecule has 0 unspecified atom stereocenters. The molecule has 1 N–H and O–H groups in total. The summed E-state index contributed by atoms with van der Waals surface area (Å²) in [6.45, 7) is 0. The van der Waals surface area contributed by atoms with Crippen LogP contribution >= 0.6 is 23.2 Å². The number of nitrogens with one attached hydrogen (secondary N) is 1. The number of fused-ring (bicyclic) bond motifs is 1. The Hall–Kier alpha value is -2.63. The fraction of sp³-hybridized carbons (Fsp3) is 0. The zero-order valence-corrected chi connectivity index (χ0v) is 13.8. The van der Waals surface area contributed by atoms with E-state index in [1.54, 1.807) is 24.5 Å². The molecular formula is C17H11Cl2N5. The highest BCUT2D eigenvalue weighted by Crippen LogP contribution is 2.26. The van der Waals surface area contributed by atoms with E-state index in [1.807, 2.05) is 40.9 Å². The molecule has 0 saturated carbocycles. The first-order valence-corrected chi connectivity index (χ1v) is 7.94. The van der Waals surface area contributed by atoms with Crippen LogP contribution in [0.1, 0.15) is 0 Å². The number of aromatic nitrogens is 4. The molecule has 3 heterocycles. The van der Waals surface area contributed by atoms with Gasteiger partial charge >= 0.3 is 0 Å². The van der Waals surface area contributed by atoms with Crippen molar-refractivity contribution < 1.29 is 0 Å². The summed E-state index contributed by atoms with van der Waals surface area (Å²) in [5, 5.41) is 4.10. The molecule has 0 amide bonds. The molecule has 0 aliphatic carbocycles. The number of benzene rings is 1. The fourth-order valence-electron chi connectivity index (χ4n) is 2.39. The lowest BCUT2D eigenvalue weighted by Crippen LogP contribution is -1.99. The van der Waals surface area contributed by atoms with Gasteiger partial charge in [0, 0.05) is 18.1 Å². The molecule has 7 heteroatoms. The van der Waals surface area contributed by atoms with E-state index >= 15 is 0 Å². The molecule has 0 aliphatic heterocycles. The van der Waals surface area contributed by atoms with Crippen LogP contribution in [0.4, 0.5) is 11.6 Å². The van der Waals surface area contributed by atoms with Gasteiger partial charge in [-0.2, -0.15) is 0 Å². The summed E-state index contributed by atoms with van der Waals surface area (Å²) in [7, 11) is 0. The Balaban J connectivity index is 1.70. The second-order valence-corrected chi connectivity index (χ2v) is 5.91. The third kappa shape index (κ3) is 2.79. The second-order valence-electron chi connectivity index (χ2n) is 5.09. The zero-order chi connectivity index (χ0) is 16.5. The molecule has 4 aromatic rings. The van der Waals surface area contributed by atoms with Crippen molar-refractivity contribution in [3.05, 3.63) is 71.1 Å². The van der Waals surface area contributed by atoms with Gasteiger partial charge in [0.2, 0.25) is 5.95 Å². The molecule has 0 saturated heterocycles. The summed E-state index contributed by atoms with van der Waals surface area (Å²) in [6, 6.07) is 13.0. The molecule has 0 radical (unpaired) electrons. The summed E-state index contributed by atoms with van der Waals surface area (Å²) in [5.41, 5.74) is 3.29. The number of imidazole rings is 1. The SMILES string of the molecule is Clc1ccc(Nc2nccc(-c3cnc4ccccn34)n2)cc1Cl. The molecular weight excluding hydrogens is 345 g/mol. The topological polar surface area (TPSA) is 55.1 Å². The molecule has 0 atom stereocenters. The minimum Gasteiger partial charge on any atom is -0.324 e. The van der Waals surface area contributed by atoms with Crippen molar-refractivity contribution in [1.82, 2.24) is 19.4 Å². The van der Waals surface area contributed by atoms with Crippen LogP contribution in [0.25, 0.3) is 17.0 Å². The molecule has 24 heavy (non-hydrogen) atoms. The van der Waals surface area contributed by atoms with Crippen LogP contribution in [-0.2, 0) is 0 Å². The molecule has 3 aromatic heterocycles. The normalized spacial score (nSPS) is 10.9. The summed E-state index contributed by atoms with van der Waals surface area (Å²) >= 11 is 12.0. The summed E-state index contributed by atoms with van der Waals surface area (Å²) in [5.74, 6) is 0.469. The van der Waals surface area contributed by atoms with Gasteiger partial charge in [0.05, 0.1) is 27.6 Å². The predicted octanol–water partition coefficient (Wildman–Crippen LogP) is 4.84. The average Bonchev–Trinajstić information content (AvgIpc) is 3.03. The Morgan fingerprint density at radius 1 is 0.958 bits per heavy atom. The fourth-order valence-corrected chi connectivity index (χ4v) is 2.68. The van der Waals surface area contributed by atoms with Gasteiger partial charge in [-0.3, -0.25) is 4.40 Å². The van der Waals surface area contributed by atoms with E-state index in [0.29, 0.717) is 16.0 Å². The quantitative estimate of drug-likeness (QED) is 0.571. The summed E-state index contributed by atoms with van der Waals surface area (Å²) in [6.07, 6.45) is 5.44. The van der Waals surface area contributed by atoms with Crippen LogP contribution in [0.15, 0.2) is 61.1 Å². The Kier molecular flexibility index (Phi) is 3.80. The number of pyridine rings is 1. The van der Waals surface area contributed by atoms with E-state index < -0.39 is 0 Å². The lowest BCUT2D eigenvalue weighted by molar-refractivity contribution is 1.13. The average molecular weight is 356 g/mol. The second kappa shape index (κ2) is 6.11. The summed E-state index contributed by atoms with van der Waals surface area (Å²) < 4.78 is 1.98. The van der Waals surface area contributed by atoms with Crippen LogP contribution in [0, 0.1) is 0 Å². The molecule has 4 rings (SSSR count). The van der Waals surface area contributed by atoms with Crippen molar-refractivity contribution >= 4 is 40.5 Å². The Labute approximate surface area is 147 Å². The van der Waals surface area contributed by atoms with E-state index in [9.17, 15) is 0 Å². The lowest BCUT2D eigenvalue weighted by atomic mass is 10.3. The number of anilines is 2. The van der Waals surface area contributed by atoms with Gasteiger partial charge in [0.1, 0.15) is 5.65 Å². The Morgan fingerprint density at radius 2 is 1.88 bits per heavy atom. The van der Waals surface area contributed by atoms with Crippen LogP contribution in [0.2, 0.25) is 10.0 Å². The van der Waals surface area contributed by atoms with E-state index in [-0.39, 0.29) is 0 Å². The molecule has 5 nitrogen and oxygen atoms in total. The smallest absolute Gasteiger partial charge is 0.227 e. The maximum atomic E-state index is 6.03. The number of rotatable bonds is 3. The third-order valence-electron chi connectivity index (χ3n) is 3.51. The largest absolute Gasteiger partial charge is 0.324 e. The van der Waals surface area contributed by atoms with Crippen molar-refractivity contribution in [3.8, 4) is 11.4 Å². The highest BCUT2D eigenvalue weighted by molar-refractivity contribution is 6.42. The van der Waals surface area contributed by atoms with Gasteiger partial charge in [-0.25, -0.2) is 15.0 Å². The number of halogens is 2. The maximum absolute atomic E-state index is 6.03. The standard InChI is InChI=1S/C17H11Cl2N5/c18-12-5-4-11(9-13(12)19)22-17-20-7-6-14(23-17)15-10-21-16-3-1-2-8-24(15)16/h1-10H,(H,20,22,23). The van der Waals surface area contributed by atoms with Gasteiger partial charge in [-0.05, 0) is 36.4 Å². The zero-order valence-electron chi connectivity index (χ0n) is 12.3. The molecule has 118 valence electrons. The highest BCUT2D eigenvalue weighted by atomic mass is 35.5. The number of hydrogen-bond donors (Lipinski definition) is 1. The lowest BCUT2D eigenvalue weighted by Gasteiger charge is -2.07. The minimum atomic E-state index is 0.469. The van der Waals surface area contributed by atoms with E-state index in [4.69, 9.17) is 23.2 Å². The van der Waals surface area contributed by atoms with Crippen molar-refractivity contribution in [2.75, 3.05) is 5.32 Å². The Morgan fingerprint density at radius 3 is 2.75 bits per heavy atom. The van der Waals surface area contributed by atoms with E-state index in [2.05, 4.69) is 20.3 Å². The monoisotopic (exact) mass is 355 g/mol. The first kappa shape index (κ1) is 14.9. The minimum absolute atomic E-state index is 0.469. The van der Waals surface area contributed by atoms with E-state index in [0.717, 1.165) is 22.7 Å². The van der Waals surface area contributed by atoms with Crippen LogP contribution in [0.5, 0.6) is 0 Å². The predicted molar refractivity (Wildman–Crippen MR) is 96.0 cm³/mol. The first-order chi connectivity index (χ1) is 11.7. The Bertz CT molecular complexity index is 1030. The van der Waals surface area contributed by atoms with Crippen molar-refractivity contribution in [3.63, 3.8) is 0 Å². The van der Waals surface area contributed by atoms with Crippen LogP contribution in [-0.4, -0.2) is 19.4 Å². The molecule has 0 bridgehead atoms. The van der Waals surface area contributed by atoms with Crippen molar-refractivity contribution in [2.24, 2.45) is 0 Å². The van der Waals surface area contributed by atoms with E-state index in [1.165, 1.54) is 0 Å². The van der Waals surface area contributed by atoms with Crippen LogP contribution < -0.4 is 5.32 Å². The summed E-state index contributed by atoms with van der Waals surface area (Å²) in [4.78, 5) is 13.2. The number of nitrogens with zero attached hydrogens (tertiary/aromatic N) is 4. The third-order valence-corrected chi connectivity index (χ3v) is 4.25. The number of hydrogen-bond acceptors (Lipinski definition) is 4. The molecule has 0 aliphatic rings. The molecule has 0 fully saturated rings. The van der Waals surface area contributed by atoms with Gasteiger partial charge in [0.25, 0.3) is 0 Å². The van der Waals surface area contributed by atoms with Gasteiger partial charge in [-0.1, -0.05) is 29.3 Å². The highest BCUT2D eigenvalue weighted by Gasteiger charge is 2.08. The van der Waals surface area contributed by atoms with Gasteiger partial charge < -0.3 is 5.32 Å². The van der Waals surface area contributed by atoms with Gasteiger partial charge in [0.15, 0.2) is 0 Å². The van der Waals surface area contributed by atoms with Crippen LogP contribution in [0.3, 0.4) is 0 Å². The van der Waals surface area contributed by atoms with Gasteiger partial charge in [-0.15, -0.1) is 0 Å².